The zero-order valence-electron chi connectivity index (χ0n) is 15.4. The minimum Gasteiger partial charge on any atom is -0.356 e. The van der Waals surface area contributed by atoms with Crippen molar-refractivity contribution < 1.29 is 0 Å². The summed E-state index contributed by atoms with van der Waals surface area (Å²) >= 11 is 1.98. The second kappa shape index (κ2) is 10.8. The zero-order valence-corrected chi connectivity index (χ0v) is 18.5. The Morgan fingerprint density at radius 3 is 2.81 bits per heavy atom. The van der Waals surface area contributed by atoms with Crippen LogP contribution >= 0.6 is 35.7 Å². The van der Waals surface area contributed by atoms with E-state index in [4.69, 9.17) is 0 Å². The quantitative estimate of drug-likeness (QED) is 0.374. The number of benzene rings is 1. The fourth-order valence-corrected chi connectivity index (χ4v) is 4.01. The molecule has 1 aromatic heterocycles. The van der Waals surface area contributed by atoms with Gasteiger partial charge in [0.1, 0.15) is 0 Å². The van der Waals surface area contributed by atoms with Crippen molar-refractivity contribution in [1.82, 2.24) is 20.4 Å². The van der Waals surface area contributed by atoms with Gasteiger partial charge in [-0.25, -0.2) is 4.68 Å². The fraction of sp³-hybridized carbons (Fsp3) is 0.474. The first-order valence-electron chi connectivity index (χ1n) is 8.87. The molecule has 2 unspecified atom stereocenters. The van der Waals surface area contributed by atoms with Crippen molar-refractivity contribution in [2.45, 2.75) is 37.0 Å². The Morgan fingerprint density at radius 1 is 1.31 bits per heavy atom. The summed E-state index contributed by atoms with van der Waals surface area (Å²) < 4.78 is 1.92. The average Bonchev–Trinajstić information content (AvgIpc) is 3.31. The smallest absolute Gasteiger partial charge is 0.191 e. The van der Waals surface area contributed by atoms with Crippen molar-refractivity contribution >= 4 is 41.7 Å². The number of hydrogen-bond acceptors (Lipinski definition) is 3. The molecule has 1 aromatic carbocycles. The summed E-state index contributed by atoms with van der Waals surface area (Å²) in [6.07, 6.45) is 10.9. The van der Waals surface area contributed by atoms with Gasteiger partial charge in [-0.15, -0.1) is 24.0 Å². The Balaban J connectivity index is 0.00000243. The van der Waals surface area contributed by atoms with E-state index >= 15 is 0 Å². The van der Waals surface area contributed by atoms with Gasteiger partial charge in [0.2, 0.25) is 0 Å². The molecule has 1 heterocycles. The molecule has 1 saturated carbocycles. The molecule has 0 amide bonds. The number of rotatable bonds is 6. The minimum atomic E-state index is 0. The highest BCUT2D eigenvalue weighted by Gasteiger charge is 2.24. The Labute approximate surface area is 177 Å². The molecule has 2 aromatic rings. The van der Waals surface area contributed by atoms with Gasteiger partial charge in [0.05, 0.1) is 11.9 Å². The standard InChI is InChI=1S/C19H27N5S.HI/c1-20-19(23-16-8-9-18(12-16)25-2)21-11-10-15-13-22-24(14-15)17-6-4-3-5-7-17;/h3-7,13-14,16,18H,8-12H2,1-2H3,(H2,20,21,23);1H. The lowest BCUT2D eigenvalue weighted by Gasteiger charge is -2.17. The topological polar surface area (TPSA) is 54.2 Å². The summed E-state index contributed by atoms with van der Waals surface area (Å²) in [7, 11) is 1.84. The van der Waals surface area contributed by atoms with Crippen LogP contribution in [0.1, 0.15) is 24.8 Å². The maximum absolute atomic E-state index is 4.45. The Morgan fingerprint density at radius 2 is 2.12 bits per heavy atom. The molecule has 1 fully saturated rings. The molecule has 0 bridgehead atoms. The number of thioether (sulfide) groups is 1. The number of para-hydroxylation sites is 1. The Bertz CT molecular complexity index is 688. The summed E-state index contributed by atoms with van der Waals surface area (Å²) in [6.45, 7) is 0.846. The highest BCUT2D eigenvalue weighted by atomic mass is 127. The normalized spacial score (nSPS) is 19.8. The van der Waals surface area contributed by atoms with Gasteiger partial charge in [0.25, 0.3) is 0 Å². The SMILES string of the molecule is CN=C(NCCc1cnn(-c2ccccc2)c1)NC1CCC(SC)C1.I. The van der Waals surface area contributed by atoms with E-state index in [0.29, 0.717) is 6.04 Å². The predicted molar refractivity (Wildman–Crippen MR) is 122 cm³/mol. The minimum absolute atomic E-state index is 0. The summed E-state index contributed by atoms with van der Waals surface area (Å²) in [5.41, 5.74) is 2.30. The van der Waals surface area contributed by atoms with Crippen LogP contribution in [-0.2, 0) is 6.42 Å². The highest BCUT2D eigenvalue weighted by molar-refractivity contribution is 14.0. The second-order valence-corrected chi connectivity index (χ2v) is 7.53. The average molecular weight is 485 g/mol. The molecule has 1 aliphatic rings. The molecular formula is C19H28IN5S. The molecule has 26 heavy (non-hydrogen) atoms. The molecule has 3 rings (SSSR count). The van der Waals surface area contributed by atoms with Crippen molar-refractivity contribution in [2.24, 2.45) is 4.99 Å². The second-order valence-electron chi connectivity index (χ2n) is 6.39. The van der Waals surface area contributed by atoms with Gasteiger partial charge >= 0.3 is 0 Å². The first-order chi connectivity index (χ1) is 12.3. The maximum atomic E-state index is 4.45. The number of guanidine groups is 1. The van der Waals surface area contributed by atoms with Gasteiger partial charge < -0.3 is 10.6 Å². The van der Waals surface area contributed by atoms with Crippen LogP contribution in [-0.4, -0.2) is 46.9 Å². The lowest BCUT2D eigenvalue weighted by molar-refractivity contribution is 0.614. The molecule has 7 heteroatoms. The number of hydrogen-bond donors (Lipinski definition) is 2. The first kappa shape index (κ1) is 21.1. The number of aliphatic imine (C=N–C) groups is 1. The first-order valence-corrected chi connectivity index (χ1v) is 10.2. The molecule has 5 nitrogen and oxygen atoms in total. The van der Waals surface area contributed by atoms with E-state index in [-0.39, 0.29) is 24.0 Å². The Kier molecular flexibility index (Phi) is 8.77. The van der Waals surface area contributed by atoms with Gasteiger partial charge in [0.15, 0.2) is 5.96 Å². The summed E-state index contributed by atoms with van der Waals surface area (Å²) in [6, 6.07) is 10.7. The largest absolute Gasteiger partial charge is 0.356 e. The molecule has 2 N–H and O–H groups in total. The van der Waals surface area contributed by atoms with Crippen LogP contribution in [0.5, 0.6) is 0 Å². The predicted octanol–water partition coefficient (Wildman–Crippen LogP) is 3.48. The van der Waals surface area contributed by atoms with Crippen molar-refractivity contribution in [1.29, 1.82) is 0 Å². The van der Waals surface area contributed by atoms with Gasteiger partial charge in [-0.05, 0) is 49.6 Å². The van der Waals surface area contributed by atoms with E-state index in [1.54, 1.807) is 0 Å². The number of aromatic nitrogens is 2. The molecule has 142 valence electrons. The van der Waals surface area contributed by atoms with Crippen molar-refractivity contribution in [3.8, 4) is 5.69 Å². The summed E-state index contributed by atoms with van der Waals surface area (Å²) in [5, 5.41) is 12.2. The van der Waals surface area contributed by atoms with Crippen LogP contribution in [0, 0.1) is 0 Å². The van der Waals surface area contributed by atoms with E-state index in [1.807, 2.05) is 47.9 Å². The summed E-state index contributed by atoms with van der Waals surface area (Å²) in [5.74, 6) is 0.905. The van der Waals surface area contributed by atoms with Crippen molar-refractivity contribution in [2.75, 3.05) is 19.8 Å². The number of nitrogens with one attached hydrogen (secondary N) is 2. The molecule has 0 radical (unpaired) electrons. The summed E-state index contributed by atoms with van der Waals surface area (Å²) in [4.78, 5) is 4.35. The van der Waals surface area contributed by atoms with Gasteiger partial charge in [0, 0.05) is 31.1 Å². The molecule has 0 spiro atoms. The van der Waals surface area contributed by atoms with Gasteiger partial charge in [-0.3, -0.25) is 4.99 Å². The van der Waals surface area contributed by atoms with E-state index in [2.05, 4.69) is 45.3 Å². The molecule has 0 aliphatic heterocycles. The van der Waals surface area contributed by atoms with Crippen LogP contribution in [0.25, 0.3) is 5.69 Å². The molecule has 2 atom stereocenters. The van der Waals surface area contributed by atoms with Crippen LogP contribution < -0.4 is 10.6 Å². The highest BCUT2D eigenvalue weighted by Crippen LogP contribution is 2.27. The molecule has 0 saturated heterocycles. The monoisotopic (exact) mass is 485 g/mol. The van der Waals surface area contributed by atoms with Crippen LogP contribution in [0.4, 0.5) is 0 Å². The third kappa shape index (κ3) is 5.90. The van der Waals surface area contributed by atoms with E-state index in [1.165, 1.54) is 24.8 Å². The third-order valence-electron chi connectivity index (χ3n) is 4.65. The van der Waals surface area contributed by atoms with Crippen molar-refractivity contribution in [3.05, 3.63) is 48.3 Å². The lowest BCUT2D eigenvalue weighted by Crippen LogP contribution is -2.43. The van der Waals surface area contributed by atoms with Crippen LogP contribution in [0.3, 0.4) is 0 Å². The van der Waals surface area contributed by atoms with Crippen molar-refractivity contribution in [3.63, 3.8) is 0 Å². The maximum Gasteiger partial charge on any atom is 0.191 e. The van der Waals surface area contributed by atoms with E-state index in [9.17, 15) is 0 Å². The van der Waals surface area contributed by atoms with E-state index in [0.717, 1.165) is 29.9 Å². The van der Waals surface area contributed by atoms with Crippen LogP contribution in [0.2, 0.25) is 0 Å². The third-order valence-corrected chi connectivity index (χ3v) is 5.74. The number of nitrogens with zero attached hydrogens (tertiary/aromatic N) is 3. The van der Waals surface area contributed by atoms with Gasteiger partial charge in [-0.1, -0.05) is 18.2 Å². The van der Waals surface area contributed by atoms with E-state index < -0.39 is 0 Å². The Hall–Kier alpha value is -1.22. The lowest BCUT2D eigenvalue weighted by atomic mass is 10.2. The molecular weight excluding hydrogens is 457 g/mol. The molecule has 1 aliphatic carbocycles. The fourth-order valence-electron chi connectivity index (χ4n) is 3.21. The van der Waals surface area contributed by atoms with Gasteiger partial charge in [-0.2, -0.15) is 16.9 Å². The van der Waals surface area contributed by atoms with Crippen LogP contribution in [0.15, 0.2) is 47.7 Å². The zero-order chi connectivity index (χ0) is 17.5. The number of halogens is 1.